The molecule has 136 valence electrons. The van der Waals surface area contributed by atoms with Crippen molar-refractivity contribution in [2.24, 2.45) is 0 Å². The summed E-state index contributed by atoms with van der Waals surface area (Å²) in [5, 5.41) is 17.6. The lowest BCUT2D eigenvalue weighted by Gasteiger charge is -2.13. The molecule has 0 amide bonds. The van der Waals surface area contributed by atoms with Gasteiger partial charge in [-0.2, -0.15) is 0 Å². The number of aromatic nitrogens is 2. The first kappa shape index (κ1) is 16.3. The lowest BCUT2D eigenvalue weighted by Crippen LogP contribution is -2.25. The lowest BCUT2D eigenvalue weighted by atomic mass is 9.91. The first-order valence-corrected chi connectivity index (χ1v) is 8.91. The molecule has 28 heavy (non-hydrogen) atoms. The van der Waals surface area contributed by atoms with Crippen molar-refractivity contribution in [1.29, 1.82) is 0 Å². The zero-order chi connectivity index (χ0) is 19.1. The van der Waals surface area contributed by atoms with Gasteiger partial charge in [0.1, 0.15) is 5.75 Å². The molecule has 0 unspecified atom stereocenters. The van der Waals surface area contributed by atoms with Gasteiger partial charge in [-0.25, -0.2) is 0 Å². The van der Waals surface area contributed by atoms with E-state index in [2.05, 4.69) is 5.27 Å². The predicted molar refractivity (Wildman–Crippen MR) is 104 cm³/mol. The van der Waals surface area contributed by atoms with Crippen LogP contribution in [0.25, 0.3) is 38.7 Å². The Morgan fingerprint density at radius 3 is 2.14 bits per heavy atom. The molecule has 5 rings (SSSR count). The summed E-state index contributed by atoms with van der Waals surface area (Å²) in [7, 11) is 1.64. The van der Waals surface area contributed by atoms with Gasteiger partial charge in [0.25, 0.3) is 5.52 Å². The maximum absolute atomic E-state index is 12.6. The van der Waals surface area contributed by atoms with Crippen LogP contribution in [0.5, 0.6) is 11.7 Å². The summed E-state index contributed by atoms with van der Waals surface area (Å²) in [5.41, 5.74) is 4.86. The zero-order valence-corrected chi connectivity index (χ0v) is 15.1. The summed E-state index contributed by atoms with van der Waals surface area (Å²) < 4.78 is 12.1. The third kappa shape index (κ3) is 2.41. The van der Waals surface area contributed by atoms with Crippen molar-refractivity contribution in [2.45, 2.75) is 0 Å². The molecule has 5 heteroatoms. The van der Waals surface area contributed by atoms with E-state index in [1.165, 1.54) is 0 Å². The number of hydrogen-bond acceptors (Lipinski definition) is 4. The fourth-order valence-corrected chi connectivity index (χ4v) is 3.69. The largest absolute Gasteiger partial charge is 0.539 e. The van der Waals surface area contributed by atoms with Crippen LogP contribution in [0.2, 0.25) is 0 Å². The fraction of sp³-hybridized carbons (Fsp3) is 0.0435. The average Bonchev–Trinajstić information content (AvgIpc) is 3.15. The molecule has 0 fully saturated rings. The van der Waals surface area contributed by atoms with Gasteiger partial charge in [-0.1, -0.05) is 60.7 Å². The van der Waals surface area contributed by atoms with Crippen LogP contribution in [0.15, 0.2) is 83.4 Å². The van der Waals surface area contributed by atoms with E-state index >= 15 is 0 Å². The molecule has 0 aliphatic heterocycles. The molecule has 5 aromatic rings. The SMILES string of the molecule is COc1ccc2c(c1)c(-c1ccccc1)c(-c1ccccc1)c1c([O-])on[n+]12. The van der Waals surface area contributed by atoms with Gasteiger partial charge in [0.15, 0.2) is 5.95 Å². The molecule has 0 aliphatic carbocycles. The second-order valence-electron chi connectivity index (χ2n) is 6.49. The smallest absolute Gasteiger partial charge is 0.272 e. The highest BCUT2D eigenvalue weighted by molar-refractivity contribution is 6.06. The van der Waals surface area contributed by atoms with Crippen LogP contribution in [0.3, 0.4) is 0 Å². The van der Waals surface area contributed by atoms with Gasteiger partial charge >= 0.3 is 0 Å². The molecule has 3 aromatic carbocycles. The van der Waals surface area contributed by atoms with Crippen molar-refractivity contribution in [1.82, 2.24) is 5.27 Å². The molecule has 5 nitrogen and oxygen atoms in total. The molecule has 0 bridgehead atoms. The molecule has 2 heterocycles. The number of rotatable bonds is 3. The van der Waals surface area contributed by atoms with Crippen LogP contribution in [0.4, 0.5) is 0 Å². The van der Waals surface area contributed by atoms with Crippen molar-refractivity contribution in [3.63, 3.8) is 0 Å². The minimum atomic E-state index is -0.464. The quantitative estimate of drug-likeness (QED) is 0.452. The van der Waals surface area contributed by atoms with Crippen LogP contribution in [-0.4, -0.2) is 12.4 Å². The summed E-state index contributed by atoms with van der Waals surface area (Å²) in [6, 6.07) is 25.6. The topological polar surface area (TPSA) is 62.4 Å². The molecule has 0 saturated carbocycles. The maximum Gasteiger partial charge on any atom is 0.272 e. The highest BCUT2D eigenvalue weighted by Crippen LogP contribution is 2.41. The molecule has 0 saturated heterocycles. The second-order valence-corrected chi connectivity index (χ2v) is 6.49. The Labute approximate surface area is 161 Å². The Kier molecular flexibility index (Phi) is 3.72. The van der Waals surface area contributed by atoms with Gasteiger partial charge in [0.05, 0.1) is 23.3 Å². The summed E-state index contributed by atoms with van der Waals surface area (Å²) >= 11 is 0. The Morgan fingerprint density at radius 2 is 1.50 bits per heavy atom. The van der Waals surface area contributed by atoms with E-state index in [1.807, 2.05) is 78.9 Å². The van der Waals surface area contributed by atoms with Gasteiger partial charge in [0, 0.05) is 11.6 Å². The summed E-state index contributed by atoms with van der Waals surface area (Å²) in [6.45, 7) is 0. The van der Waals surface area contributed by atoms with Crippen LogP contribution in [0, 0.1) is 0 Å². The van der Waals surface area contributed by atoms with Gasteiger partial charge in [-0.3, -0.25) is 0 Å². The molecular formula is C23H16N2O3. The highest BCUT2D eigenvalue weighted by Gasteiger charge is 2.27. The highest BCUT2D eigenvalue weighted by atomic mass is 16.6. The number of hydrogen-bond donors (Lipinski definition) is 0. The number of ether oxygens (including phenoxy) is 1. The third-order valence-electron chi connectivity index (χ3n) is 4.92. The first-order chi connectivity index (χ1) is 13.8. The Hall–Kier alpha value is -3.86. The Balaban J connectivity index is 2.06. The van der Waals surface area contributed by atoms with Crippen molar-refractivity contribution >= 4 is 16.4 Å². The minimum absolute atomic E-state index is 0.419. The van der Waals surface area contributed by atoms with E-state index in [0.717, 1.165) is 38.9 Å². The van der Waals surface area contributed by atoms with Gasteiger partial charge in [-0.05, 0) is 27.8 Å². The lowest BCUT2D eigenvalue weighted by molar-refractivity contribution is -0.567. The van der Waals surface area contributed by atoms with Crippen LogP contribution in [0.1, 0.15) is 0 Å². The number of benzene rings is 3. The fourth-order valence-electron chi connectivity index (χ4n) is 3.69. The van der Waals surface area contributed by atoms with Gasteiger partial charge in [-0.15, -0.1) is 0 Å². The van der Waals surface area contributed by atoms with E-state index < -0.39 is 5.95 Å². The van der Waals surface area contributed by atoms with E-state index in [9.17, 15) is 5.11 Å². The van der Waals surface area contributed by atoms with Crippen molar-refractivity contribution in [3.05, 3.63) is 78.9 Å². The van der Waals surface area contributed by atoms with Crippen LogP contribution >= 0.6 is 0 Å². The molecular weight excluding hydrogens is 352 g/mol. The first-order valence-electron chi connectivity index (χ1n) is 8.91. The maximum atomic E-state index is 12.6. The molecule has 0 spiro atoms. The summed E-state index contributed by atoms with van der Waals surface area (Å²) in [6.07, 6.45) is 0. The molecule has 0 N–H and O–H groups in total. The average molecular weight is 368 g/mol. The number of fused-ring (bicyclic) bond motifs is 3. The van der Waals surface area contributed by atoms with Gasteiger partial charge < -0.3 is 14.4 Å². The standard InChI is InChI=1S/C23H16N2O3/c1-27-17-12-13-19-18(14-17)20(15-8-4-2-5-9-15)21(16-10-6-3-7-11-16)22-23(26)28-24-25(19)22/h2-14H,1H3. The van der Waals surface area contributed by atoms with Crippen molar-refractivity contribution in [2.75, 3.05) is 7.11 Å². The predicted octanol–water partition coefficient (Wildman–Crippen LogP) is 3.98. The summed E-state index contributed by atoms with van der Waals surface area (Å²) in [5.74, 6) is 0.267. The third-order valence-corrected chi connectivity index (χ3v) is 4.92. The van der Waals surface area contributed by atoms with Crippen molar-refractivity contribution < 1.29 is 18.9 Å². The number of pyridine rings is 1. The molecule has 0 radical (unpaired) electrons. The molecule has 2 aromatic heterocycles. The van der Waals surface area contributed by atoms with Gasteiger partial charge in [0.2, 0.25) is 5.52 Å². The van der Waals surface area contributed by atoms with Crippen molar-refractivity contribution in [3.8, 4) is 33.9 Å². The normalized spacial score (nSPS) is 11.2. The molecule has 0 aliphatic rings. The number of methoxy groups -OCH3 is 1. The van der Waals surface area contributed by atoms with Crippen LogP contribution < -0.4 is 14.4 Å². The van der Waals surface area contributed by atoms with E-state index in [4.69, 9.17) is 9.26 Å². The van der Waals surface area contributed by atoms with E-state index in [1.54, 1.807) is 11.6 Å². The Morgan fingerprint density at radius 1 is 0.857 bits per heavy atom. The number of nitrogens with zero attached hydrogens (tertiary/aromatic N) is 2. The summed E-state index contributed by atoms with van der Waals surface area (Å²) in [4.78, 5) is 0. The van der Waals surface area contributed by atoms with E-state index in [-0.39, 0.29) is 0 Å². The monoisotopic (exact) mass is 368 g/mol. The second kappa shape index (κ2) is 6.39. The van der Waals surface area contributed by atoms with Crippen LogP contribution in [-0.2, 0) is 0 Å². The molecule has 0 atom stereocenters. The Bertz CT molecular complexity index is 1300. The van der Waals surface area contributed by atoms with E-state index in [0.29, 0.717) is 5.52 Å². The zero-order valence-electron chi connectivity index (χ0n) is 15.1. The minimum Gasteiger partial charge on any atom is -0.539 e.